The number of hydrogen-bond donors (Lipinski definition) is 1. The standard InChI is InChI=1S/C20H16F5N3O2S/c21-31(22,23,24,25)16-6-4-15(5-7-16)30-20-17(2-1-9-26-20)14-3-8-18-19(12-14)28(10-11-29)13-27-18/h1-9,12-13,29H,10-11H2. The lowest BCUT2D eigenvalue weighted by Gasteiger charge is -2.40. The van der Waals surface area contributed by atoms with E-state index in [9.17, 15) is 24.5 Å². The summed E-state index contributed by atoms with van der Waals surface area (Å²) in [4.78, 5) is 6.39. The normalized spacial score (nSPS) is 14.3. The monoisotopic (exact) mass is 457 g/mol. The van der Waals surface area contributed by atoms with E-state index in [1.54, 1.807) is 35.2 Å². The number of rotatable bonds is 6. The Morgan fingerprint density at radius 2 is 1.68 bits per heavy atom. The number of halogens is 5. The third kappa shape index (κ3) is 4.47. The molecule has 164 valence electrons. The zero-order valence-electron chi connectivity index (χ0n) is 15.8. The maximum Gasteiger partial charge on any atom is 0.310 e. The average Bonchev–Trinajstić information content (AvgIpc) is 3.10. The molecule has 5 nitrogen and oxygen atoms in total. The molecule has 4 aromatic rings. The van der Waals surface area contributed by atoms with E-state index in [1.165, 1.54) is 6.20 Å². The number of ether oxygens (including phenoxy) is 1. The quantitative estimate of drug-likeness (QED) is 0.334. The van der Waals surface area contributed by atoms with Crippen LogP contribution < -0.4 is 4.74 Å². The predicted molar refractivity (Wildman–Crippen MR) is 108 cm³/mol. The van der Waals surface area contributed by atoms with Crippen LogP contribution in [0.1, 0.15) is 0 Å². The smallest absolute Gasteiger partial charge is 0.310 e. The zero-order chi connectivity index (χ0) is 22.3. The fourth-order valence-electron chi connectivity index (χ4n) is 3.08. The van der Waals surface area contributed by atoms with Crippen LogP contribution in [0.4, 0.5) is 19.4 Å². The maximum absolute atomic E-state index is 12.9. The van der Waals surface area contributed by atoms with Gasteiger partial charge in [-0.2, -0.15) is 0 Å². The number of fused-ring (bicyclic) bond motifs is 1. The summed E-state index contributed by atoms with van der Waals surface area (Å²) in [7, 11) is -9.75. The van der Waals surface area contributed by atoms with Crippen molar-refractivity contribution in [1.29, 1.82) is 0 Å². The van der Waals surface area contributed by atoms with E-state index in [4.69, 9.17) is 4.74 Å². The lowest BCUT2D eigenvalue weighted by atomic mass is 10.1. The van der Waals surface area contributed by atoms with Gasteiger partial charge in [0.05, 0.1) is 24.0 Å². The van der Waals surface area contributed by atoms with Crippen LogP contribution in [0.5, 0.6) is 11.6 Å². The number of aliphatic hydroxyl groups is 1. The first-order valence-electron chi connectivity index (χ1n) is 8.98. The van der Waals surface area contributed by atoms with E-state index in [2.05, 4.69) is 9.97 Å². The summed E-state index contributed by atoms with van der Waals surface area (Å²) in [6.07, 6.45) is 3.04. The Morgan fingerprint density at radius 3 is 2.35 bits per heavy atom. The van der Waals surface area contributed by atoms with Gasteiger partial charge in [-0.15, -0.1) is 0 Å². The van der Waals surface area contributed by atoms with Crippen molar-refractivity contribution in [3.05, 3.63) is 67.1 Å². The van der Waals surface area contributed by atoms with Gasteiger partial charge in [0.2, 0.25) is 5.88 Å². The molecule has 31 heavy (non-hydrogen) atoms. The SMILES string of the molecule is OCCn1cnc2ccc(-c3cccnc3Oc3ccc(S(F)(F)(F)(F)F)cc3)cc21. The molecule has 2 heterocycles. The second kappa shape index (κ2) is 6.66. The first-order valence-corrected chi connectivity index (χ1v) is 10.9. The van der Waals surface area contributed by atoms with Gasteiger partial charge in [0.15, 0.2) is 0 Å². The third-order valence-corrected chi connectivity index (χ3v) is 5.69. The summed E-state index contributed by atoms with van der Waals surface area (Å²) >= 11 is 0. The van der Waals surface area contributed by atoms with Gasteiger partial charge in [0.25, 0.3) is 0 Å². The Balaban J connectivity index is 1.69. The molecule has 0 fully saturated rings. The van der Waals surface area contributed by atoms with Crippen LogP contribution in [0.3, 0.4) is 0 Å². The number of hydrogen-bond acceptors (Lipinski definition) is 4. The average molecular weight is 457 g/mol. The molecule has 0 saturated heterocycles. The molecule has 0 saturated carbocycles. The van der Waals surface area contributed by atoms with Crippen LogP contribution in [0.2, 0.25) is 0 Å². The molecule has 0 spiro atoms. The molecule has 0 aliphatic carbocycles. The highest BCUT2D eigenvalue weighted by Crippen LogP contribution is 3.02. The molecule has 0 radical (unpaired) electrons. The van der Waals surface area contributed by atoms with Gasteiger partial charge in [0.1, 0.15) is 10.6 Å². The maximum atomic E-state index is 12.9. The van der Waals surface area contributed by atoms with Crippen molar-refractivity contribution in [2.75, 3.05) is 6.61 Å². The van der Waals surface area contributed by atoms with Crippen molar-refractivity contribution in [3.63, 3.8) is 0 Å². The first kappa shape index (κ1) is 21.1. The number of benzene rings is 2. The highest BCUT2D eigenvalue weighted by Gasteiger charge is 2.65. The van der Waals surface area contributed by atoms with Crippen LogP contribution in [0.15, 0.2) is 72.0 Å². The van der Waals surface area contributed by atoms with Crippen molar-refractivity contribution < 1.29 is 29.3 Å². The molecule has 11 heteroatoms. The summed E-state index contributed by atoms with van der Waals surface area (Å²) in [6, 6.07) is 11.0. The summed E-state index contributed by atoms with van der Waals surface area (Å²) in [6.45, 7) is 0.292. The molecule has 0 aliphatic heterocycles. The van der Waals surface area contributed by atoms with Crippen molar-refractivity contribution in [3.8, 4) is 22.8 Å². The minimum atomic E-state index is -9.75. The number of aliphatic hydroxyl groups excluding tert-OH is 1. The topological polar surface area (TPSA) is 60.2 Å². The summed E-state index contributed by atoms with van der Waals surface area (Å²) < 4.78 is 71.9. The van der Waals surface area contributed by atoms with E-state index < -0.39 is 15.1 Å². The number of aromatic nitrogens is 3. The van der Waals surface area contributed by atoms with Gasteiger partial charge in [-0.1, -0.05) is 25.5 Å². The van der Waals surface area contributed by atoms with E-state index in [-0.39, 0.29) is 18.2 Å². The summed E-state index contributed by atoms with van der Waals surface area (Å²) in [5.74, 6) is 0.0205. The molecule has 0 aliphatic rings. The van der Waals surface area contributed by atoms with Gasteiger partial charge in [-0.05, 0) is 54.1 Å². The zero-order valence-corrected chi connectivity index (χ0v) is 16.6. The Morgan fingerprint density at radius 1 is 0.935 bits per heavy atom. The van der Waals surface area contributed by atoms with Gasteiger partial charge in [-0.25, -0.2) is 9.97 Å². The number of nitrogens with zero attached hydrogens (tertiary/aromatic N) is 3. The molecule has 0 unspecified atom stereocenters. The van der Waals surface area contributed by atoms with Crippen LogP contribution in [0.25, 0.3) is 22.2 Å². The summed E-state index contributed by atoms with van der Waals surface area (Å²) in [5.41, 5.74) is 2.72. The molecule has 0 amide bonds. The molecule has 0 atom stereocenters. The Labute approximate surface area is 173 Å². The largest absolute Gasteiger partial charge is 0.438 e. The minimum absolute atomic E-state index is 0.0636. The Kier molecular flexibility index (Phi) is 4.53. The molecular formula is C20H16F5N3O2S. The van der Waals surface area contributed by atoms with Gasteiger partial charge in [-0.3, -0.25) is 0 Å². The van der Waals surface area contributed by atoms with E-state index in [0.717, 1.165) is 23.2 Å². The van der Waals surface area contributed by atoms with E-state index in [0.29, 0.717) is 29.8 Å². The second-order valence-electron chi connectivity index (χ2n) is 6.76. The Bertz CT molecular complexity index is 1260. The molecular weight excluding hydrogens is 441 g/mol. The highest BCUT2D eigenvalue weighted by atomic mass is 32.5. The first-order chi connectivity index (χ1) is 14.4. The van der Waals surface area contributed by atoms with Crippen LogP contribution in [0, 0.1) is 0 Å². The van der Waals surface area contributed by atoms with Crippen LogP contribution in [-0.2, 0) is 6.54 Å². The van der Waals surface area contributed by atoms with E-state index in [1.807, 2.05) is 6.07 Å². The number of pyridine rings is 1. The van der Waals surface area contributed by atoms with E-state index >= 15 is 0 Å². The highest BCUT2D eigenvalue weighted by molar-refractivity contribution is 8.45. The fourth-order valence-corrected chi connectivity index (χ4v) is 3.73. The second-order valence-corrected chi connectivity index (χ2v) is 9.17. The molecule has 0 bridgehead atoms. The van der Waals surface area contributed by atoms with Crippen LogP contribution in [-0.4, -0.2) is 26.2 Å². The lowest BCUT2D eigenvalue weighted by molar-refractivity contribution is 0.278. The lowest BCUT2D eigenvalue weighted by Crippen LogP contribution is -2.05. The predicted octanol–water partition coefficient (Wildman–Crippen LogP) is 6.54. The number of imidazole rings is 1. The minimum Gasteiger partial charge on any atom is -0.438 e. The van der Waals surface area contributed by atoms with Crippen molar-refractivity contribution in [1.82, 2.24) is 14.5 Å². The van der Waals surface area contributed by atoms with Crippen molar-refractivity contribution in [2.45, 2.75) is 11.4 Å². The molecule has 4 rings (SSSR count). The van der Waals surface area contributed by atoms with Gasteiger partial charge < -0.3 is 14.4 Å². The molecule has 2 aromatic carbocycles. The summed E-state index contributed by atoms with van der Waals surface area (Å²) in [5, 5.41) is 9.20. The third-order valence-electron chi connectivity index (χ3n) is 4.53. The molecule has 1 N–H and O–H groups in total. The molecule has 2 aromatic heterocycles. The van der Waals surface area contributed by atoms with Gasteiger partial charge in [0, 0.05) is 18.3 Å². The van der Waals surface area contributed by atoms with Crippen molar-refractivity contribution >= 4 is 21.3 Å². The fraction of sp³-hybridized carbons (Fsp3) is 0.100. The van der Waals surface area contributed by atoms with Gasteiger partial charge >= 0.3 is 10.2 Å². The van der Waals surface area contributed by atoms with Crippen molar-refractivity contribution in [2.24, 2.45) is 0 Å². The Hall–Kier alpha value is -3.18. The van der Waals surface area contributed by atoms with Crippen LogP contribution >= 0.6 is 10.2 Å².